The standard InChI is InChI=1S/C25H41NO2/c1-4-5-6-7-8-9-10-11-12-13-14-17-20-25(2,3)24(28)26-23-19-16-15-18-22(23)21-27/h15-16,18-19,21H,4-14,17,20H2,1-3H3,(H,26,28). The summed E-state index contributed by atoms with van der Waals surface area (Å²) in [7, 11) is 0. The first-order chi connectivity index (χ1) is 13.5. The van der Waals surface area contributed by atoms with Gasteiger partial charge in [0.25, 0.3) is 0 Å². The first kappa shape index (κ1) is 24.4. The molecule has 0 unspecified atom stereocenters. The van der Waals surface area contributed by atoms with Gasteiger partial charge in [-0.1, -0.05) is 110 Å². The predicted molar refractivity (Wildman–Crippen MR) is 120 cm³/mol. The van der Waals surface area contributed by atoms with E-state index in [9.17, 15) is 9.59 Å². The van der Waals surface area contributed by atoms with Crippen LogP contribution in [0.3, 0.4) is 0 Å². The van der Waals surface area contributed by atoms with Crippen molar-refractivity contribution in [3.8, 4) is 0 Å². The number of carbonyl (C=O) groups is 2. The Kier molecular flexibility index (Phi) is 12.5. The van der Waals surface area contributed by atoms with E-state index in [4.69, 9.17) is 0 Å². The zero-order valence-electron chi connectivity index (χ0n) is 18.4. The van der Waals surface area contributed by atoms with Crippen molar-refractivity contribution >= 4 is 17.9 Å². The first-order valence-corrected chi connectivity index (χ1v) is 11.4. The van der Waals surface area contributed by atoms with Crippen LogP contribution in [-0.2, 0) is 4.79 Å². The van der Waals surface area contributed by atoms with Crippen LogP contribution in [0.4, 0.5) is 5.69 Å². The van der Waals surface area contributed by atoms with E-state index in [1.54, 1.807) is 18.2 Å². The molecule has 0 saturated carbocycles. The van der Waals surface area contributed by atoms with Crippen LogP contribution in [0.2, 0.25) is 0 Å². The van der Waals surface area contributed by atoms with E-state index in [0.29, 0.717) is 11.3 Å². The summed E-state index contributed by atoms with van der Waals surface area (Å²) in [6.45, 7) is 6.25. The Hall–Kier alpha value is -1.64. The molecule has 0 atom stereocenters. The molecule has 0 aromatic heterocycles. The fourth-order valence-electron chi connectivity index (χ4n) is 3.53. The smallest absolute Gasteiger partial charge is 0.230 e. The van der Waals surface area contributed by atoms with E-state index in [2.05, 4.69) is 12.2 Å². The Morgan fingerprint density at radius 2 is 1.36 bits per heavy atom. The molecule has 0 radical (unpaired) electrons. The summed E-state index contributed by atoms with van der Waals surface area (Å²) in [4.78, 5) is 23.7. The van der Waals surface area contributed by atoms with Crippen LogP contribution in [0.15, 0.2) is 24.3 Å². The normalized spacial score (nSPS) is 11.4. The molecule has 0 bridgehead atoms. The molecule has 1 N–H and O–H groups in total. The lowest BCUT2D eigenvalue weighted by Crippen LogP contribution is -2.31. The third kappa shape index (κ3) is 10.1. The van der Waals surface area contributed by atoms with Gasteiger partial charge in [-0.05, 0) is 18.6 Å². The molecule has 0 aliphatic heterocycles. The number of carbonyl (C=O) groups excluding carboxylic acids is 2. The van der Waals surface area contributed by atoms with Crippen molar-refractivity contribution in [3.05, 3.63) is 29.8 Å². The second-order valence-electron chi connectivity index (χ2n) is 8.68. The van der Waals surface area contributed by atoms with Crippen molar-refractivity contribution in [3.63, 3.8) is 0 Å². The largest absolute Gasteiger partial charge is 0.325 e. The molecular formula is C25H41NO2. The molecule has 1 aromatic carbocycles. The summed E-state index contributed by atoms with van der Waals surface area (Å²) in [5.41, 5.74) is 0.705. The van der Waals surface area contributed by atoms with Crippen LogP contribution in [-0.4, -0.2) is 12.2 Å². The number of para-hydroxylation sites is 1. The minimum atomic E-state index is -0.422. The lowest BCUT2D eigenvalue weighted by Gasteiger charge is -2.24. The van der Waals surface area contributed by atoms with Crippen LogP contribution in [0.5, 0.6) is 0 Å². The highest BCUT2D eigenvalue weighted by Gasteiger charge is 2.27. The van der Waals surface area contributed by atoms with E-state index >= 15 is 0 Å². The maximum atomic E-state index is 12.6. The predicted octanol–water partition coefficient (Wildman–Crippen LogP) is 7.56. The Morgan fingerprint density at radius 3 is 1.89 bits per heavy atom. The van der Waals surface area contributed by atoms with E-state index in [1.807, 2.05) is 19.9 Å². The topological polar surface area (TPSA) is 46.2 Å². The molecular weight excluding hydrogens is 346 g/mol. The van der Waals surface area contributed by atoms with E-state index in [-0.39, 0.29) is 5.91 Å². The molecule has 28 heavy (non-hydrogen) atoms. The molecule has 0 heterocycles. The van der Waals surface area contributed by atoms with Crippen molar-refractivity contribution in [2.75, 3.05) is 5.32 Å². The van der Waals surface area contributed by atoms with Gasteiger partial charge >= 0.3 is 0 Å². The van der Waals surface area contributed by atoms with Gasteiger partial charge < -0.3 is 5.32 Å². The van der Waals surface area contributed by atoms with Crippen LogP contribution in [0.25, 0.3) is 0 Å². The Balaban J connectivity index is 2.13. The van der Waals surface area contributed by atoms with Gasteiger partial charge in [0.1, 0.15) is 0 Å². The molecule has 158 valence electrons. The van der Waals surface area contributed by atoms with Gasteiger partial charge in [-0.2, -0.15) is 0 Å². The van der Waals surface area contributed by atoms with Gasteiger partial charge in [-0.15, -0.1) is 0 Å². The quantitative estimate of drug-likeness (QED) is 0.235. The molecule has 1 aromatic rings. The third-order valence-corrected chi connectivity index (χ3v) is 5.61. The highest BCUT2D eigenvalue weighted by molar-refractivity contribution is 5.98. The van der Waals surface area contributed by atoms with E-state index < -0.39 is 5.41 Å². The van der Waals surface area contributed by atoms with Crippen molar-refractivity contribution in [2.45, 2.75) is 104 Å². The minimum Gasteiger partial charge on any atom is -0.325 e. The number of anilines is 1. The average molecular weight is 388 g/mol. The molecule has 0 saturated heterocycles. The maximum Gasteiger partial charge on any atom is 0.230 e. The van der Waals surface area contributed by atoms with Crippen LogP contribution in [0.1, 0.15) is 115 Å². The van der Waals surface area contributed by atoms with Crippen LogP contribution < -0.4 is 5.32 Å². The molecule has 1 amide bonds. The van der Waals surface area contributed by atoms with Gasteiger partial charge in [-0.25, -0.2) is 0 Å². The molecule has 3 nitrogen and oxygen atoms in total. The van der Waals surface area contributed by atoms with Crippen molar-refractivity contribution in [1.29, 1.82) is 0 Å². The zero-order valence-corrected chi connectivity index (χ0v) is 18.4. The summed E-state index contributed by atoms with van der Waals surface area (Å²) >= 11 is 0. The summed E-state index contributed by atoms with van der Waals surface area (Å²) in [6.07, 6.45) is 17.5. The highest BCUT2D eigenvalue weighted by Crippen LogP contribution is 2.27. The second kappa shape index (κ2) is 14.4. The van der Waals surface area contributed by atoms with Crippen molar-refractivity contribution in [2.24, 2.45) is 5.41 Å². The van der Waals surface area contributed by atoms with Gasteiger partial charge in [0.15, 0.2) is 6.29 Å². The van der Waals surface area contributed by atoms with Gasteiger partial charge in [0, 0.05) is 11.0 Å². The molecule has 0 aliphatic carbocycles. The number of hydrogen-bond acceptors (Lipinski definition) is 2. The number of nitrogens with one attached hydrogen (secondary N) is 1. The second-order valence-corrected chi connectivity index (χ2v) is 8.68. The number of hydrogen-bond donors (Lipinski definition) is 1. The number of benzene rings is 1. The lowest BCUT2D eigenvalue weighted by molar-refractivity contribution is -0.124. The SMILES string of the molecule is CCCCCCCCCCCCCCC(C)(C)C(=O)Nc1ccccc1C=O. The van der Waals surface area contributed by atoms with Gasteiger partial charge in [-0.3, -0.25) is 9.59 Å². The molecule has 0 fully saturated rings. The summed E-state index contributed by atoms with van der Waals surface area (Å²) in [5.74, 6) is -0.00938. The van der Waals surface area contributed by atoms with Crippen molar-refractivity contribution < 1.29 is 9.59 Å². The van der Waals surface area contributed by atoms with Gasteiger partial charge in [0.05, 0.1) is 5.69 Å². The van der Waals surface area contributed by atoms with Crippen LogP contribution >= 0.6 is 0 Å². The Morgan fingerprint density at radius 1 is 0.857 bits per heavy atom. The van der Waals surface area contributed by atoms with Crippen LogP contribution in [0, 0.1) is 5.41 Å². The van der Waals surface area contributed by atoms with Gasteiger partial charge in [0.2, 0.25) is 5.91 Å². The number of rotatable bonds is 16. The number of aldehydes is 1. The lowest BCUT2D eigenvalue weighted by atomic mass is 9.85. The first-order valence-electron chi connectivity index (χ1n) is 11.4. The van der Waals surface area contributed by atoms with E-state index in [1.165, 1.54) is 70.6 Å². The summed E-state index contributed by atoms with van der Waals surface area (Å²) in [6, 6.07) is 7.14. The Labute approximate surface area is 172 Å². The Bertz CT molecular complexity index is 565. The monoisotopic (exact) mass is 387 g/mol. The average Bonchev–Trinajstić information content (AvgIpc) is 2.69. The molecule has 3 heteroatoms. The maximum absolute atomic E-state index is 12.6. The third-order valence-electron chi connectivity index (χ3n) is 5.61. The minimum absolute atomic E-state index is 0.00938. The fraction of sp³-hybridized carbons (Fsp3) is 0.680. The van der Waals surface area contributed by atoms with Crippen molar-refractivity contribution in [1.82, 2.24) is 0 Å². The molecule has 1 rings (SSSR count). The fourth-order valence-corrected chi connectivity index (χ4v) is 3.53. The number of unbranched alkanes of at least 4 members (excludes halogenated alkanes) is 11. The zero-order chi connectivity index (χ0) is 20.7. The molecule has 0 spiro atoms. The highest BCUT2D eigenvalue weighted by atomic mass is 16.2. The summed E-state index contributed by atoms with van der Waals surface area (Å²) in [5, 5.41) is 2.92. The van der Waals surface area contributed by atoms with E-state index in [0.717, 1.165) is 19.1 Å². The number of amides is 1. The summed E-state index contributed by atoms with van der Waals surface area (Å²) < 4.78 is 0. The molecule has 0 aliphatic rings.